The molecule has 3 saturated carbocycles. The van der Waals surface area contributed by atoms with Crippen molar-refractivity contribution in [3.63, 3.8) is 0 Å². The largest absolute Gasteiger partial charge is 0.393 e. The monoisotopic (exact) mass is 341 g/mol. The van der Waals surface area contributed by atoms with Gasteiger partial charge in [0.1, 0.15) is 5.78 Å². The SMILES string of the molecule is C[C@H](C#N)[C@H]1C(=O)C[C@H]2[C@@H]3CC=C4C[C@@H](O)CC[C@]4(C)[C@H]3CC[C@]12C. The number of hydrogen-bond donors (Lipinski definition) is 1. The van der Waals surface area contributed by atoms with Gasteiger partial charge in [-0.05, 0) is 74.0 Å². The average molecular weight is 341 g/mol. The highest BCUT2D eigenvalue weighted by atomic mass is 16.3. The molecule has 0 aromatic rings. The van der Waals surface area contributed by atoms with Crippen LogP contribution >= 0.6 is 0 Å². The average Bonchev–Trinajstić information content (AvgIpc) is 2.85. The van der Waals surface area contributed by atoms with Crippen molar-refractivity contribution in [1.29, 1.82) is 5.26 Å². The molecule has 4 rings (SSSR count). The number of rotatable bonds is 1. The number of carbonyl (C=O) groups excluding carboxylic acids is 1. The summed E-state index contributed by atoms with van der Waals surface area (Å²) in [7, 11) is 0. The number of Topliss-reactive ketones (excluding diaryl/α,β-unsaturated/α-hetero) is 1. The molecule has 0 aromatic carbocycles. The number of nitrogens with zero attached hydrogens (tertiary/aromatic N) is 1. The zero-order valence-electron chi connectivity index (χ0n) is 15.8. The Balaban J connectivity index is 1.68. The molecule has 0 unspecified atom stereocenters. The predicted octanol–water partition coefficient (Wildman–Crippen LogP) is 4.26. The van der Waals surface area contributed by atoms with E-state index in [2.05, 4.69) is 26.0 Å². The first-order chi connectivity index (χ1) is 11.8. The normalized spacial score (nSPS) is 50.1. The van der Waals surface area contributed by atoms with Crippen LogP contribution in [0.5, 0.6) is 0 Å². The summed E-state index contributed by atoms with van der Waals surface area (Å²) in [5.74, 6) is 1.73. The molecule has 0 bridgehead atoms. The first-order valence-corrected chi connectivity index (χ1v) is 10.1. The van der Waals surface area contributed by atoms with Crippen LogP contribution in [0.15, 0.2) is 11.6 Å². The van der Waals surface area contributed by atoms with Crippen molar-refractivity contribution in [2.24, 2.45) is 40.4 Å². The minimum absolute atomic E-state index is 0.00325. The highest BCUT2D eigenvalue weighted by molar-refractivity contribution is 5.85. The lowest BCUT2D eigenvalue weighted by Crippen LogP contribution is -2.50. The van der Waals surface area contributed by atoms with Gasteiger partial charge in [-0.15, -0.1) is 0 Å². The molecule has 4 aliphatic rings. The minimum Gasteiger partial charge on any atom is -0.393 e. The zero-order chi connectivity index (χ0) is 18.0. The molecular weight excluding hydrogens is 310 g/mol. The van der Waals surface area contributed by atoms with Crippen molar-refractivity contribution < 1.29 is 9.90 Å². The maximum atomic E-state index is 12.8. The molecule has 0 radical (unpaired) electrons. The molecule has 25 heavy (non-hydrogen) atoms. The Morgan fingerprint density at radius 1 is 1.24 bits per heavy atom. The first kappa shape index (κ1) is 17.3. The minimum atomic E-state index is -0.172. The summed E-state index contributed by atoms with van der Waals surface area (Å²) in [5, 5.41) is 19.5. The van der Waals surface area contributed by atoms with E-state index in [0.717, 1.165) is 32.1 Å². The van der Waals surface area contributed by atoms with E-state index in [1.807, 2.05) is 6.92 Å². The molecule has 136 valence electrons. The summed E-state index contributed by atoms with van der Waals surface area (Å²) >= 11 is 0. The third kappa shape index (κ3) is 2.29. The molecule has 0 heterocycles. The maximum Gasteiger partial charge on any atom is 0.138 e. The Morgan fingerprint density at radius 3 is 2.72 bits per heavy atom. The van der Waals surface area contributed by atoms with Gasteiger partial charge in [0.15, 0.2) is 0 Å². The molecular formula is C22H31NO2. The van der Waals surface area contributed by atoms with Crippen molar-refractivity contribution in [3.8, 4) is 6.07 Å². The lowest BCUT2D eigenvalue weighted by molar-refractivity contribution is -0.123. The Hall–Kier alpha value is -1.14. The van der Waals surface area contributed by atoms with Gasteiger partial charge in [0.25, 0.3) is 0 Å². The standard InChI is InChI=1S/C22H31NO2/c1-13(12-23)20-19(25)11-18-16-5-4-14-10-15(24)6-8-21(14,2)17(16)7-9-22(18,20)3/h4,13,15-18,20,24H,5-11H2,1-3H3/t13-,15+,16-,17+,18+,20+,21+,22+/m1/s1. The highest BCUT2D eigenvalue weighted by Gasteiger charge is 2.61. The summed E-state index contributed by atoms with van der Waals surface area (Å²) < 4.78 is 0. The number of ketones is 1. The van der Waals surface area contributed by atoms with Crippen LogP contribution in [0.1, 0.15) is 65.7 Å². The number of fused-ring (bicyclic) bond motifs is 5. The fraction of sp³-hybridized carbons (Fsp3) is 0.818. The van der Waals surface area contributed by atoms with E-state index in [9.17, 15) is 15.2 Å². The summed E-state index contributed by atoms with van der Waals surface area (Å²) in [6, 6.07) is 2.36. The van der Waals surface area contributed by atoms with Gasteiger partial charge < -0.3 is 5.11 Å². The molecule has 0 amide bonds. The van der Waals surface area contributed by atoms with Crippen LogP contribution < -0.4 is 0 Å². The van der Waals surface area contributed by atoms with Crippen LogP contribution in [0, 0.1) is 51.8 Å². The van der Waals surface area contributed by atoms with Crippen molar-refractivity contribution in [2.45, 2.75) is 71.8 Å². The smallest absolute Gasteiger partial charge is 0.138 e. The number of aliphatic hydroxyl groups excluding tert-OH is 1. The van der Waals surface area contributed by atoms with Gasteiger partial charge in [-0.25, -0.2) is 0 Å². The van der Waals surface area contributed by atoms with Gasteiger partial charge in [-0.2, -0.15) is 5.26 Å². The van der Waals surface area contributed by atoms with E-state index in [-0.39, 0.29) is 28.8 Å². The second kappa shape index (κ2) is 5.68. The number of aliphatic hydroxyl groups is 1. The lowest BCUT2D eigenvalue weighted by Gasteiger charge is -2.57. The molecule has 1 N–H and O–H groups in total. The van der Waals surface area contributed by atoms with Crippen LogP contribution in [0.3, 0.4) is 0 Å². The van der Waals surface area contributed by atoms with Crippen molar-refractivity contribution in [2.75, 3.05) is 0 Å². The van der Waals surface area contributed by atoms with Crippen molar-refractivity contribution in [3.05, 3.63) is 11.6 Å². The van der Waals surface area contributed by atoms with Crippen molar-refractivity contribution in [1.82, 2.24) is 0 Å². The number of carbonyl (C=O) groups is 1. The highest BCUT2D eigenvalue weighted by Crippen LogP contribution is 2.66. The Kier molecular flexibility index (Phi) is 3.93. The van der Waals surface area contributed by atoms with Gasteiger partial charge in [-0.1, -0.05) is 25.5 Å². The molecule has 0 aliphatic heterocycles. The van der Waals surface area contributed by atoms with Gasteiger partial charge in [0.05, 0.1) is 18.1 Å². The fourth-order valence-corrected chi connectivity index (χ4v) is 7.40. The van der Waals surface area contributed by atoms with Gasteiger partial charge in [0.2, 0.25) is 0 Å². The summed E-state index contributed by atoms with van der Waals surface area (Å²) in [6.45, 7) is 6.64. The number of nitriles is 1. The summed E-state index contributed by atoms with van der Waals surface area (Å²) in [4.78, 5) is 12.8. The van der Waals surface area contributed by atoms with E-state index < -0.39 is 0 Å². The van der Waals surface area contributed by atoms with Crippen LogP contribution in [-0.4, -0.2) is 17.0 Å². The summed E-state index contributed by atoms with van der Waals surface area (Å²) in [6.07, 6.45) is 9.05. The first-order valence-electron chi connectivity index (χ1n) is 10.1. The van der Waals surface area contributed by atoms with E-state index in [1.165, 1.54) is 12.0 Å². The number of allylic oxidation sites excluding steroid dienone is 1. The van der Waals surface area contributed by atoms with Crippen LogP contribution in [0.2, 0.25) is 0 Å². The molecule has 3 heteroatoms. The van der Waals surface area contributed by atoms with Gasteiger partial charge in [-0.3, -0.25) is 4.79 Å². The van der Waals surface area contributed by atoms with E-state index in [1.54, 1.807) is 0 Å². The third-order valence-electron chi connectivity index (χ3n) is 8.70. The van der Waals surface area contributed by atoms with E-state index >= 15 is 0 Å². The molecule has 3 nitrogen and oxygen atoms in total. The van der Waals surface area contributed by atoms with Crippen LogP contribution in [0.25, 0.3) is 0 Å². The van der Waals surface area contributed by atoms with Crippen molar-refractivity contribution >= 4 is 5.78 Å². The van der Waals surface area contributed by atoms with E-state index in [0.29, 0.717) is 30.0 Å². The predicted molar refractivity (Wildman–Crippen MR) is 96.4 cm³/mol. The maximum absolute atomic E-state index is 12.8. The Morgan fingerprint density at radius 2 is 2.00 bits per heavy atom. The molecule has 8 atom stereocenters. The third-order valence-corrected chi connectivity index (χ3v) is 8.70. The topological polar surface area (TPSA) is 61.1 Å². The van der Waals surface area contributed by atoms with E-state index in [4.69, 9.17) is 0 Å². The summed E-state index contributed by atoms with van der Waals surface area (Å²) in [5.41, 5.74) is 1.69. The molecule has 0 saturated heterocycles. The van der Waals surface area contributed by atoms with Gasteiger partial charge >= 0.3 is 0 Å². The van der Waals surface area contributed by atoms with Crippen LogP contribution in [0.4, 0.5) is 0 Å². The molecule has 0 aromatic heterocycles. The molecule has 4 aliphatic carbocycles. The van der Waals surface area contributed by atoms with Crippen LogP contribution in [-0.2, 0) is 4.79 Å². The zero-order valence-corrected chi connectivity index (χ0v) is 15.8. The lowest BCUT2D eigenvalue weighted by atomic mass is 9.47. The second-order valence-corrected chi connectivity index (χ2v) is 9.77. The Labute approximate surface area is 151 Å². The fourth-order valence-electron chi connectivity index (χ4n) is 7.40. The molecule has 0 spiro atoms. The number of hydrogen-bond acceptors (Lipinski definition) is 3. The second-order valence-electron chi connectivity index (χ2n) is 9.77. The Bertz CT molecular complexity index is 661. The quantitative estimate of drug-likeness (QED) is 0.725. The van der Waals surface area contributed by atoms with Gasteiger partial charge in [0, 0.05) is 12.3 Å². The molecule has 3 fully saturated rings.